The summed E-state index contributed by atoms with van der Waals surface area (Å²) in [6.07, 6.45) is 0.796. The second-order valence-electron chi connectivity index (χ2n) is 7.17. The van der Waals surface area contributed by atoms with Crippen LogP contribution in [0.15, 0.2) is 88.2 Å². The lowest BCUT2D eigenvalue weighted by molar-refractivity contribution is -0.122. The molecule has 2 N–H and O–H groups in total. The number of carbonyl (C=O) groups is 1. The highest BCUT2D eigenvalue weighted by Gasteiger charge is 2.26. The van der Waals surface area contributed by atoms with Crippen LogP contribution in [0.2, 0.25) is 0 Å². The molecule has 1 unspecified atom stereocenters. The van der Waals surface area contributed by atoms with Gasteiger partial charge in [0.05, 0.1) is 12.0 Å². The largest absolute Gasteiger partial charge is 0.496 e. The van der Waals surface area contributed by atoms with Crippen molar-refractivity contribution in [2.75, 3.05) is 13.7 Å². The molecule has 0 aliphatic rings. The molecule has 0 saturated heterocycles. The number of para-hydroxylation sites is 1. The smallest absolute Gasteiger partial charge is 0.241 e. The zero-order chi connectivity index (χ0) is 23.0. The Balaban J connectivity index is 1.73. The number of benzene rings is 3. The normalized spacial score (nSPS) is 12.2. The van der Waals surface area contributed by atoms with Gasteiger partial charge in [0.25, 0.3) is 0 Å². The topological polar surface area (TPSA) is 84.5 Å². The van der Waals surface area contributed by atoms with E-state index in [1.807, 2.05) is 54.6 Å². The number of rotatable bonds is 10. The zero-order valence-electron chi connectivity index (χ0n) is 17.6. The first kappa shape index (κ1) is 24.0. The van der Waals surface area contributed by atoms with Crippen molar-refractivity contribution in [1.82, 2.24) is 10.0 Å². The fourth-order valence-corrected chi connectivity index (χ4v) is 4.72. The summed E-state index contributed by atoms with van der Waals surface area (Å²) in [5.41, 5.74) is 1.82. The number of amides is 1. The number of hydrogen-bond acceptors (Lipinski definition) is 4. The van der Waals surface area contributed by atoms with Crippen LogP contribution in [0, 0.1) is 0 Å². The standard InChI is InChI=1S/C24H25BrN2O4S/c1-31-23-10-6-5-9-19(23)15-16-26-24(28)22(17-18-7-3-2-4-8-18)27-32(29,30)21-13-11-20(25)12-14-21/h2-14,22,27H,15-17H2,1H3,(H,26,28). The van der Waals surface area contributed by atoms with E-state index in [0.717, 1.165) is 21.3 Å². The molecule has 3 aromatic rings. The summed E-state index contributed by atoms with van der Waals surface area (Å²) < 4.78 is 34.5. The third kappa shape index (κ3) is 6.66. The first-order valence-electron chi connectivity index (χ1n) is 10.1. The molecule has 1 atom stereocenters. The number of nitrogens with one attached hydrogen (secondary N) is 2. The van der Waals surface area contributed by atoms with Crippen molar-refractivity contribution in [2.24, 2.45) is 0 Å². The average molecular weight is 517 g/mol. The summed E-state index contributed by atoms with van der Waals surface area (Å²) >= 11 is 3.30. The van der Waals surface area contributed by atoms with Crippen LogP contribution in [0.1, 0.15) is 11.1 Å². The van der Waals surface area contributed by atoms with Gasteiger partial charge >= 0.3 is 0 Å². The van der Waals surface area contributed by atoms with Crippen LogP contribution in [0.25, 0.3) is 0 Å². The molecule has 0 heterocycles. The molecule has 1 amide bonds. The lowest BCUT2D eigenvalue weighted by Crippen LogP contribution is -2.48. The van der Waals surface area contributed by atoms with Crippen LogP contribution < -0.4 is 14.8 Å². The van der Waals surface area contributed by atoms with Crippen molar-refractivity contribution in [3.05, 3.63) is 94.5 Å². The highest BCUT2D eigenvalue weighted by atomic mass is 79.9. The molecule has 0 spiro atoms. The number of carbonyl (C=O) groups excluding carboxylic acids is 1. The van der Waals surface area contributed by atoms with Gasteiger partial charge in [-0.1, -0.05) is 64.5 Å². The van der Waals surface area contributed by atoms with Crippen LogP contribution in [-0.4, -0.2) is 34.0 Å². The van der Waals surface area contributed by atoms with Gasteiger partial charge in [0, 0.05) is 11.0 Å². The van der Waals surface area contributed by atoms with Gasteiger partial charge in [-0.05, 0) is 54.3 Å². The van der Waals surface area contributed by atoms with Crippen molar-refractivity contribution in [3.63, 3.8) is 0 Å². The van der Waals surface area contributed by atoms with E-state index < -0.39 is 16.1 Å². The quantitative estimate of drug-likeness (QED) is 0.430. The molecule has 0 saturated carbocycles. The molecule has 8 heteroatoms. The Labute approximate surface area is 197 Å². The fourth-order valence-electron chi connectivity index (χ4n) is 3.26. The maximum atomic E-state index is 13.0. The summed E-state index contributed by atoms with van der Waals surface area (Å²) in [6, 6.07) is 22.2. The number of sulfonamides is 1. The van der Waals surface area contributed by atoms with Crippen LogP contribution in [-0.2, 0) is 27.7 Å². The van der Waals surface area contributed by atoms with Crippen LogP contribution in [0.5, 0.6) is 5.75 Å². The average Bonchev–Trinajstić information content (AvgIpc) is 2.79. The Morgan fingerprint density at radius 1 is 0.969 bits per heavy atom. The van der Waals surface area contributed by atoms with Crippen molar-refractivity contribution in [1.29, 1.82) is 0 Å². The molecule has 0 fully saturated rings. The SMILES string of the molecule is COc1ccccc1CCNC(=O)C(Cc1ccccc1)NS(=O)(=O)c1ccc(Br)cc1. The Hall–Kier alpha value is -2.68. The molecule has 0 radical (unpaired) electrons. The van der Waals surface area contributed by atoms with Gasteiger partial charge in [-0.3, -0.25) is 4.79 Å². The molecule has 6 nitrogen and oxygen atoms in total. The molecule has 0 aromatic heterocycles. The van der Waals surface area contributed by atoms with Gasteiger partial charge in [-0.2, -0.15) is 4.72 Å². The molecular weight excluding hydrogens is 492 g/mol. The molecule has 0 bridgehead atoms. The third-order valence-electron chi connectivity index (χ3n) is 4.91. The minimum absolute atomic E-state index is 0.0978. The Morgan fingerprint density at radius 3 is 2.31 bits per heavy atom. The summed E-state index contributed by atoms with van der Waals surface area (Å²) in [6.45, 7) is 0.352. The highest BCUT2D eigenvalue weighted by Crippen LogP contribution is 2.18. The molecule has 32 heavy (non-hydrogen) atoms. The van der Waals surface area contributed by atoms with Gasteiger partial charge in [0.15, 0.2) is 0 Å². The van der Waals surface area contributed by atoms with Crippen LogP contribution in [0.3, 0.4) is 0 Å². The van der Waals surface area contributed by atoms with Crippen molar-refractivity contribution >= 4 is 31.9 Å². The van der Waals surface area contributed by atoms with Gasteiger partial charge < -0.3 is 10.1 Å². The maximum Gasteiger partial charge on any atom is 0.241 e. The molecule has 0 aliphatic heterocycles. The lowest BCUT2D eigenvalue weighted by atomic mass is 10.1. The van der Waals surface area contributed by atoms with E-state index in [0.29, 0.717) is 13.0 Å². The monoisotopic (exact) mass is 516 g/mol. The van der Waals surface area contributed by atoms with E-state index >= 15 is 0 Å². The zero-order valence-corrected chi connectivity index (χ0v) is 20.0. The number of methoxy groups -OCH3 is 1. The maximum absolute atomic E-state index is 13.0. The summed E-state index contributed by atoms with van der Waals surface area (Å²) in [4.78, 5) is 13.1. The first-order valence-corrected chi connectivity index (χ1v) is 12.4. The lowest BCUT2D eigenvalue weighted by Gasteiger charge is -2.19. The molecule has 0 aliphatic carbocycles. The van der Waals surface area contributed by atoms with E-state index in [-0.39, 0.29) is 17.2 Å². The Kier molecular flexibility index (Phi) is 8.44. The van der Waals surface area contributed by atoms with E-state index in [9.17, 15) is 13.2 Å². The Morgan fingerprint density at radius 2 is 1.62 bits per heavy atom. The van der Waals surface area contributed by atoms with Crippen molar-refractivity contribution in [3.8, 4) is 5.75 Å². The third-order valence-corrected chi connectivity index (χ3v) is 6.92. The molecule has 3 rings (SSSR count). The summed E-state index contributed by atoms with van der Waals surface area (Å²) in [5, 5.41) is 2.86. The van der Waals surface area contributed by atoms with E-state index in [1.54, 1.807) is 19.2 Å². The second-order valence-corrected chi connectivity index (χ2v) is 9.80. The van der Waals surface area contributed by atoms with Crippen molar-refractivity contribution < 1.29 is 17.9 Å². The van der Waals surface area contributed by atoms with Crippen molar-refractivity contribution in [2.45, 2.75) is 23.8 Å². The predicted molar refractivity (Wildman–Crippen MR) is 128 cm³/mol. The van der Waals surface area contributed by atoms with Crippen LogP contribution in [0.4, 0.5) is 0 Å². The minimum Gasteiger partial charge on any atom is -0.496 e. The van der Waals surface area contributed by atoms with E-state index in [1.165, 1.54) is 12.1 Å². The van der Waals surface area contributed by atoms with Crippen LogP contribution >= 0.6 is 15.9 Å². The fraction of sp³-hybridized carbons (Fsp3) is 0.208. The number of hydrogen-bond donors (Lipinski definition) is 2. The molecule has 168 valence electrons. The van der Waals surface area contributed by atoms with E-state index in [2.05, 4.69) is 26.0 Å². The van der Waals surface area contributed by atoms with E-state index in [4.69, 9.17) is 4.74 Å². The van der Waals surface area contributed by atoms with Gasteiger partial charge in [-0.25, -0.2) is 8.42 Å². The number of ether oxygens (including phenoxy) is 1. The Bertz CT molecular complexity index is 1140. The molecule has 3 aromatic carbocycles. The van der Waals surface area contributed by atoms with Gasteiger partial charge in [0.1, 0.15) is 11.8 Å². The molecular formula is C24H25BrN2O4S. The van der Waals surface area contributed by atoms with Gasteiger partial charge in [-0.15, -0.1) is 0 Å². The first-order chi connectivity index (χ1) is 15.4. The number of halogens is 1. The van der Waals surface area contributed by atoms with Gasteiger partial charge in [0.2, 0.25) is 15.9 Å². The summed E-state index contributed by atoms with van der Waals surface area (Å²) in [7, 11) is -2.28. The second kappa shape index (κ2) is 11.3. The highest BCUT2D eigenvalue weighted by molar-refractivity contribution is 9.10. The summed E-state index contributed by atoms with van der Waals surface area (Å²) in [5.74, 6) is 0.364. The minimum atomic E-state index is -3.88. The predicted octanol–water partition coefficient (Wildman–Crippen LogP) is 3.71.